The Balaban J connectivity index is 1.69. The zero-order valence-corrected chi connectivity index (χ0v) is 16.0. The zero-order valence-electron chi connectivity index (χ0n) is 14.4. The number of nitrogen functional groups attached to an aromatic ring is 1. The third-order valence-corrected chi connectivity index (χ3v) is 6.21. The van der Waals surface area contributed by atoms with Crippen LogP contribution in [-0.4, -0.2) is 10.9 Å². The summed E-state index contributed by atoms with van der Waals surface area (Å²) in [5.41, 5.74) is 10.6. The molecule has 26 heavy (non-hydrogen) atoms. The van der Waals surface area contributed by atoms with Crippen LogP contribution in [0.5, 0.6) is 0 Å². The van der Waals surface area contributed by atoms with E-state index < -0.39 is 0 Å². The van der Waals surface area contributed by atoms with Crippen molar-refractivity contribution in [3.05, 3.63) is 63.8 Å². The van der Waals surface area contributed by atoms with Crippen LogP contribution in [0.3, 0.4) is 0 Å². The Morgan fingerprint density at radius 3 is 2.73 bits per heavy atom. The molecule has 0 radical (unpaired) electrons. The molecule has 3 heterocycles. The van der Waals surface area contributed by atoms with E-state index in [1.807, 2.05) is 61.7 Å². The van der Waals surface area contributed by atoms with E-state index in [9.17, 15) is 4.79 Å². The summed E-state index contributed by atoms with van der Waals surface area (Å²) >= 11 is 2.97. The summed E-state index contributed by atoms with van der Waals surface area (Å²) in [7, 11) is 0. The fraction of sp³-hybridized carbons (Fsp3) is 0.100. The summed E-state index contributed by atoms with van der Waals surface area (Å²) in [4.78, 5) is 19.8. The molecule has 0 fully saturated rings. The minimum Gasteiger partial charge on any atom is -0.397 e. The number of hydrogen-bond donors (Lipinski definition) is 2. The summed E-state index contributed by atoms with van der Waals surface area (Å²) in [5.74, 6) is -0.199. The van der Waals surface area contributed by atoms with Crippen molar-refractivity contribution in [2.75, 3.05) is 11.1 Å². The number of rotatable bonds is 3. The Morgan fingerprint density at radius 1 is 1.15 bits per heavy atom. The van der Waals surface area contributed by atoms with Gasteiger partial charge in [0, 0.05) is 11.1 Å². The van der Waals surface area contributed by atoms with Crippen molar-refractivity contribution in [2.24, 2.45) is 0 Å². The molecule has 0 aliphatic rings. The monoisotopic (exact) mass is 379 g/mol. The first-order chi connectivity index (χ1) is 12.5. The fourth-order valence-electron chi connectivity index (χ4n) is 2.86. The van der Waals surface area contributed by atoms with Crippen LogP contribution in [0, 0.1) is 13.8 Å². The van der Waals surface area contributed by atoms with Gasteiger partial charge < -0.3 is 11.1 Å². The van der Waals surface area contributed by atoms with Crippen LogP contribution in [0.25, 0.3) is 20.8 Å². The Morgan fingerprint density at radius 2 is 2.00 bits per heavy atom. The van der Waals surface area contributed by atoms with Crippen LogP contribution >= 0.6 is 22.7 Å². The second-order valence-corrected chi connectivity index (χ2v) is 8.09. The van der Waals surface area contributed by atoms with Gasteiger partial charge in [0.1, 0.15) is 9.71 Å². The largest absolute Gasteiger partial charge is 0.397 e. The number of aromatic nitrogens is 1. The topological polar surface area (TPSA) is 68.0 Å². The number of thiophene rings is 2. The molecule has 4 nitrogen and oxygen atoms in total. The first kappa shape index (κ1) is 16.8. The molecule has 0 saturated carbocycles. The van der Waals surface area contributed by atoms with E-state index in [2.05, 4.69) is 10.3 Å². The predicted molar refractivity (Wildman–Crippen MR) is 111 cm³/mol. The summed E-state index contributed by atoms with van der Waals surface area (Å²) < 4.78 is 0. The minimum absolute atomic E-state index is 0.199. The van der Waals surface area contributed by atoms with Gasteiger partial charge in [0.05, 0.1) is 16.3 Å². The van der Waals surface area contributed by atoms with Crippen LogP contribution in [0.2, 0.25) is 0 Å². The van der Waals surface area contributed by atoms with Crippen molar-refractivity contribution < 1.29 is 4.79 Å². The van der Waals surface area contributed by atoms with Crippen LogP contribution in [0.4, 0.5) is 11.4 Å². The predicted octanol–water partition coefficient (Wildman–Crippen LogP) is 5.48. The van der Waals surface area contributed by atoms with Gasteiger partial charge in [-0.2, -0.15) is 0 Å². The number of nitrogens with one attached hydrogen (secondary N) is 1. The normalized spacial score (nSPS) is 11.0. The van der Waals surface area contributed by atoms with Gasteiger partial charge in [-0.1, -0.05) is 23.8 Å². The van der Waals surface area contributed by atoms with Crippen molar-refractivity contribution >= 4 is 50.2 Å². The molecule has 4 rings (SSSR count). The van der Waals surface area contributed by atoms with Gasteiger partial charge in [0.2, 0.25) is 0 Å². The molecule has 0 bridgehead atoms. The molecule has 0 aliphatic carbocycles. The van der Waals surface area contributed by atoms with Gasteiger partial charge in [0.15, 0.2) is 0 Å². The smallest absolute Gasteiger partial charge is 0.267 e. The molecule has 0 spiro atoms. The number of benzene rings is 1. The molecule has 6 heteroatoms. The maximum Gasteiger partial charge on any atom is 0.267 e. The van der Waals surface area contributed by atoms with Crippen molar-refractivity contribution in [3.8, 4) is 10.6 Å². The Labute approximate surface area is 159 Å². The van der Waals surface area contributed by atoms with E-state index >= 15 is 0 Å². The summed E-state index contributed by atoms with van der Waals surface area (Å²) in [6, 6.07) is 13.9. The number of carbonyl (C=O) groups is 1. The molecule has 0 unspecified atom stereocenters. The lowest BCUT2D eigenvalue weighted by molar-refractivity contribution is 0.103. The number of anilines is 2. The van der Waals surface area contributed by atoms with E-state index in [0.29, 0.717) is 10.6 Å². The average Bonchev–Trinajstić information content (AvgIpc) is 3.25. The standard InChI is InChI=1S/C20H17N3OS2/c1-11-5-7-14(12(2)10-11)22-19(24)18-17(21)13-6-8-15(23-20(13)26-18)16-4-3-9-25-16/h3-10H,21H2,1-2H3,(H,22,24). The van der Waals surface area contributed by atoms with E-state index in [-0.39, 0.29) is 5.91 Å². The highest BCUT2D eigenvalue weighted by Gasteiger charge is 2.18. The van der Waals surface area contributed by atoms with Gasteiger partial charge in [-0.25, -0.2) is 4.98 Å². The highest BCUT2D eigenvalue weighted by atomic mass is 32.1. The SMILES string of the molecule is Cc1ccc(NC(=O)c2sc3nc(-c4cccs4)ccc3c2N)c(C)c1. The van der Waals surface area contributed by atoms with Crippen molar-refractivity contribution in [3.63, 3.8) is 0 Å². The van der Waals surface area contributed by atoms with Crippen LogP contribution < -0.4 is 11.1 Å². The Kier molecular flexibility index (Phi) is 4.22. The van der Waals surface area contributed by atoms with Gasteiger partial charge in [-0.15, -0.1) is 22.7 Å². The molecule has 130 valence electrons. The van der Waals surface area contributed by atoms with Gasteiger partial charge in [0.25, 0.3) is 5.91 Å². The first-order valence-corrected chi connectivity index (χ1v) is 9.84. The molecule has 1 amide bonds. The molecule has 3 aromatic heterocycles. The molecule has 0 aliphatic heterocycles. The molecule has 1 aromatic carbocycles. The highest BCUT2D eigenvalue weighted by molar-refractivity contribution is 7.21. The van der Waals surface area contributed by atoms with E-state index in [0.717, 1.165) is 37.6 Å². The molecule has 4 aromatic rings. The van der Waals surface area contributed by atoms with Gasteiger partial charge in [-0.3, -0.25) is 4.79 Å². The maximum atomic E-state index is 12.7. The Bertz CT molecular complexity index is 1110. The molecular weight excluding hydrogens is 362 g/mol. The quantitative estimate of drug-likeness (QED) is 0.495. The number of aryl methyl sites for hydroxylation is 2. The van der Waals surface area contributed by atoms with Crippen LogP contribution in [0.1, 0.15) is 20.8 Å². The van der Waals surface area contributed by atoms with Crippen molar-refractivity contribution in [1.29, 1.82) is 0 Å². The maximum absolute atomic E-state index is 12.7. The van der Waals surface area contributed by atoms with E-state index in [1.165, 1.54) is 11.3 Å². The van der Waals surface area contributed by atoms with E-state index in [1.54, 1.807) is 11.3 Å². The lowest BCUT2D eigenvalue weighted by Crippen LogP contribution is -2.12. The molecule has 0 atom stereocenters. The zero-order chi connectivity index (χ0) is 18.3. The van der Waals surface area contributed by atoms with Crippen molar-refractivity contribution in [1.82, 2.24) is 4.98 Å². The molecule has 3 N–H and O–H groups in total. The summed E-state index contributed by atoms with van der Waals surface area (Å²) in [6.07, 6.45) is 0. The number of nitrogens with two attached hydrogens (primary N) is 1. The van der Waals surface area contributed by atoms with E-state index in [4.69, 9.17) is 5.73 Å². The lowest BCUT2D eigenvalue weighted by atomic mass is 10.1. The third kappa shape index (κ3) is 2.98. The second kappa shape index (κ2) is 6.55. The molecular formula is C20H17N3OS2. The van der Waals surface area contributed by atoms with Gasteiger partial charge >= 0.3 is 0 Å². The third-order valence-electron chi connectivity index (χ3n) is 4.20. The number of hydrogen-bond acceptors (Lipinski definition) is 5. The number of carbonyl (C=O) groups excluding carboxylic acids is 1. The number of pyridine rings is 1. The number of nitrogens with zero attached hydrogens (tertiary/aromatic N) is 1. The number of amides is 1. The summed E-state index contributed by atoms with van der Waals surface area (Å²) in [6.45, 7) is 4.01. The van der Waals surface area contributed by atoms with Crippen molar-refractivity contribution in [2.45, 2.75) is 13.8 Å². The lowest BCUT2D eigenvalue weighted by Gasteiger charge is -2.08. The average molecular weight is 380 g/mol. The van der Waals surface area contributed by atoms with Gasteiger partial charge in [-0.05, 0) is 49.1 Å². The van der Waals surface area contributed by atoms with Crippen LogP contribution in [0.15, 0.2) is 47.8 Å². The molecule has 0 saturated heterocycles. The Hall–Kier alpha value is -2.70. The van der Waals surface area contributed by atoms with Crippen LogP contribution in [-0.2, 0) is 0 Å². The highest BCUT2D eigenvalue weighted by Crippen LogP contribution is 2.35. The minimum atomic E-state index is -0.199. The number of fused-ring (bicyclic) bond motifs is 1. The second-order valence-electron chi connectivity index (χ2n) is 6.14. The summed E-state index contributed by atoms with van der Waals surface area (Å²) in [5, 5.41) is 5.80. The fourth-order valence-corrected chi connectivity index (χ4v) is 4.54. The first-order valence-electron chi connectivity index (χ1n) is 8.14.